The van der Waals surface area contributed by atoms with Crippen LogP contribution < -0.4 is 0 Å². The highest BCUT2D eigenvalue weighted by Crippen LogP contribution is 2.27. The Balaban J connectivity index is 2.10. The van der Waals surface area contributed by atoms with Crippen LogP contribution in [0.15, 0.2) is 22.8 Å². The summed E-state index contributed by atoms with van der Waals surface area (Å²) in [6.45, 7) is 2.77. The maximum absolute atomic E-state index is 11.8. The first-order valence-corrected chi connectivity index (χ1v) is 4.67. The highest BCUT2D eigenvalue weighted by molar-refractivity contribution is 5.91. The third-order valence-corrected chi connectivity index (χ3v) is 2.32. The van der Waals surface area contributed by atoms with Crippen LogP contribution in [0.1, 0.15) is 30.3 Å². The van der Waals surface area contributed by atoms with Gasteiger partial charge >= 0.3 is 0 Å². The number of hydrogen-bond donors (Lipinski definition) is 0. The van der Waals surface area contributed by atoms with Crippen LogP contribution in [-0.2, 0) is 0 Å². The zero-order chi connectivity index (χ0) is 9.26. The second-order valence-corrected chi connectivity index (χ2v) is 3.30. The van der Waals surface area contributed by atoms with Crippen molar-refractivity contribution >= 4 is 5.91 Å². The molecule has 1 aliphatic rings. The summed E-state index contributed by atoms with van der Waals surface area (Å²) >= 11 is 0. The molecule has 0 atom stereocenters. The Labute approximate surface area is 77.3 Å². The van der Waals surface area contributed by atoms with Crippen LogP contribution in [0, 0.1) is 0 Å². The Morgan fingerprint density at radius 1 is 1.69 bits per heavy atom. The SMILES string of the molecule is CCN(C(=O)c1ccco1)C1CC1. The van der Waals surface area contributed by atoms with E-state index in [9.17, 15) is 4.79 Å². The third-order valence-electron chi connectivity index (χ3n) is 2.32. The quantitative estimate of drug-likeness (QED) is 0.710. The number of amides is 1. The van der Waals surface area contributed by atoms with E-state index in [-0.39, 0.29) is 5.91 Å². The van der Waals surface area contributed by atoms with E-state index in [1.54, 1.807) is 12.1 Å². The van der Waals surface area contributed by atoms with Gasteiger partial charge in [-0.25, -0.2) is 0 Å². The van der Waals surface area contributed by atoms with Crippen LogP contribution in [0.25, 0.3) is 0 Å². The lowest BCUT2D eigenvalue weighted by Gasteiger charge is -2.18. The van der Waals surface area contributed by atoms with E-state index in [0.29, 0.717) is 11.8 Å². The molecule has 1 saturated carbocycles. The van der Waals surface area contributed by atoms with Gasteiger partial charge in [-0.05, 0) is 31.9 Å². The Bertz CT molecular complexity index is 288. The number of furan rings is 1. The van der Waals surface area contributed by atoms with Crippen molar-refractivity contribution in [2.24, 2.45) is 0 Å². The number of rotatable bonds is 3. The van der Waals surface area contributed by atoms with Crippen LogP contribution in [-0.4, -0.2) is 23.4 Å². The molecule has 13 heavy (non-hydrogen) atoms. The van der Waals surface area contributed by atoms with E-state index in [2.05, 4.69) is 0 Å². The predicted molar refractivity (Wildman–Crippen MR) is 48.4 cm³/mol. The molecule has 0 aliphatic heterocycles. The van der Waals surface area contributed by atoms with Gasteiger partial charge in [0.05, 0.1) is 6.26 Å². The maximum Gasteiger partial charge on any atom is 0.289 e. The zero-order valence-corrected chi connectivity index (χ0v) is 7.69. The molecule has 70 valence electrons. The first-order valence-electron chi connectivity index (χ1n) is 4.67. The topological polar surface area (TPSA) is 33.5 Å². The minimum atomic E-state index is 0.0231. The minimum absolute atomic E-state index is 0.0231. The Hall–Kier alpha value is -1.25. The van der Waals surface area contributed by atoms with Crippen LogP contribution in [0.4, 0.5) is 0 Å². The molecule has 1 aromatic rings. The summed E-state index contributed by atoms with van der Waals surface area (Å²) in [5, 5.41) is 0. The molecule has 0 radical (unpaired) electrons. The monoisotopic (exact) mass is 179 g/mol. The second kappa shape index (κ2) is 3.24. The van der Waals surface area contributed by atoms with Crippen molar-refractivity contribution in [3.63, 3.8) is 0 Å². The fraction of sp³-hybridized carbons (Fsp3) is 0.500. The second-order valence-electron chi connectivity index (χ2n) is 3.30. The number of hydrogen-bond acceptors (Lipinski definition) is 2. The van der Waals surface area contributed by atoms with E-state index in [1.165, 1.54) is 6.26 Å². The number of nitrogens with zero attached hydrogens (tertiary/aromatic N) is 1. The fourth-order valence-electron chi connectivity index (χ4n) is 1.50. The molecule has 0 aromatic carbocycles. The van der Waals surface area contributed by atoms with Gasteiger partial charge in [-0.3, -0.25) is 4.79 Å². The predicted octanol–water partition coefficient (Wildman–Crippen LogP) is 1.90. The summed E-state index contributed by atoms with van der Waals surface area (Å²) in [4.78, 5) is 13.6. The highest BCUT2D eigenvalue weighted by atomic mass is 16.3. The normalized spacial score (nSPS) is 15.8. The first kappa shape index (κ1) is 8.35. The van der Waals surface area contributed by atoms with Gasteiger partial charge in [-0.1, -0.05) is 0 Å². The standard InChI is InChI=1S/C10H13NO2/c1-2-11(8-5-6-8)10(12)9-4-3-7-13-9/h3-4,7-8H,2,5-6H2,1H3. The largest absolute Gasteiger partial charge is 0.459 e. The molecule has 0 bridgehead atoms. The van der Waals surface area contributed by atoms with Gasteiger partial charge < -0.3 is 9.32 Å². The molecule has 1 aliphatic carbocycles. The van der Waals surface area contributed by atoms with E-state index >= 15 is 0 Å². The third kappa shape index (κ3) is 1.59. The fourth-order valence-corrected chi connectivity index (χ4v) is 1.50. The van der Waals surface area contributed by atoms with E-state index in [1.807, 2.05) is 11.8 Å². The molecular formula is C10H13NO2. The molecule has 1 heterocycles. The summed E-state index contributed by atoms with van der Waals surface area (Å²) < 4.78 is 5.06. The van der Waals surface area contributed by atoms with Crippen molar-refractivity contribution in [1.29, 1.82) is 0 Å². The minimum Gasteiger partial charge on any atom is -0.459 e. The summed E-state index contributed by atoms with van der Waals surface area (Å²) in [6.07, 6.45) is 3.81. The van der Waals surface area contributed by atoms with Crippen molar-refractivity contribution in [3.8, 4) is 0 Å². The van der Waals surface area contributed by atoms with Crippen LogP contribution >= 0.6 is 0 Å². The summed E-state index contributed by atoms with van der Waals surface area (Å²) in [6, 6.07) is 3.92. The molecule has 0 unspecified atom stereocenters. The maximum atomic E-state index is 11.8. The molecule has 1 fully saturated rings. The smallest absolute Gasteiger partial charge is 0.289 e. The Morgan fingerprint density at radius 2 is 2.46 bits per heavy atom. The van der Waals surface area contributed by atoms with Crippen molar-refractivity contribution in [1.82, 2.24) is 4.90 Å². The molecule has 3 nitrogen and oxygen atoms in total. The molecule has 1 aromatic heterocycles. The van der Waals surface area contributed by atoms with Gasteiger partial charge in [0.25, 0.3) is 5.91 Å². The molecule has 0 spiro atoms. The average Bonchev–Trinajstić information content (AvgIpc) is 2.83. The number of carbonyl (C=O) groups is 1. The lowest BCUT2D eigenvalue weighted by atomic mass is 10.3. The van der Waals surface area contributed by atoms with E-state index in [4.69, 9.17) is 4.42 Å². The summed E-state index contributed by atoms with van der Waals surface area (Å²) in [5.74, 6) is 0.476. The molecular weight excluding hydrogens is 166 g/mol. The highest BCUT2D eigenvalue weighted by Gasteiger charge is 2.32. The molecule has 3 heteroatoms. The zero-order valence-electron chi connectivity index (χ0n) is 7.69. The van der Waals surface area contributed by atoms with Gasteiger partial charge in [0.15, 0.2) is 5.76 Å². The van der Waals surface area contributed by atoms with Gasteiger partial charge in [0.2, 0.25) is 0 Å². The van der Waals surface area contributed by atoms with Crippen LogP contribution in [0.3, 0.4) is 0 Å². The van der Waals surface area contributed by atoms with Gasteiger partial charge in [0, 0.05) is 12.6 Å². The van der Waals surface area contributed by atoms with Crippen molar-refractivity contribution in [2.45, 2.75) is 25.8 Å². The first-order chi connectivity index (χ1) is 6.33. The Kier molecular flexibility index (Phi) is 2.08. The van der Waals surface area contributed by atoms with E-state index in [0.717, 1.165) is 19.4 Å². The van der Waals surface area contributed by atoms with Crippen molar-refractivity contribution in [2.75, 3.05) is 6.54 Å². The number of carbonyl (C=O) groups excluding carboxylic acids is 1. The van der Waals surface area contributed by atoms with Gasteiger partial charge in [-0.15, -0.1) is 0 Å². The Morgan fingerprint density at radius 3 is 2.92 bits per heavy atom. The molecule has 1 amide bonds. The lowest BCUT2D eigenvalue weighted by molar-refractivity contribution is 0.0720. The lowest BCUT2D eigenvalue weighted by Crippen LogP contribution is -2.32. The molecule has 0 saturated heterocycles. The van der Waals surface area contributed by atoms with Gasteiger partial charge in [-0.2, -0.15) is 0 Å². The average molecular weight is 179 g/mol. The van der Waals surface area contributed by atoms with Crippen molar-refractivity contribution < 1.29 is 9.21 Å². The summed E-state index contributed by atoms with van der Waals surface area (Å²) in [5.41, 5.74) is 0. The summed E-state index contributed by atoms with van der Waals surface area (Å²) in [7, 11) is 0. The van der Waals surface area contributed by atoms with Crippen molar-refractivity contribution in [3.05, 3.63) is 24.2 Å². The molecule has 0 N–H and O–H groups in total. The van der Waals surface area contributed by atoms with Crippen LogP contribution in [0.5, 0.6) is 0 Å². The molecule has 2 rings (SSSR count). The van der Waals surface area contributed by atoms with Crippen LogP contribution in [0.2, 0.25) is 0 Å². The van der Waals surface area contributed by atoms with Gasteiger partial charge in [0.1, 0.15) is 0 Å². The van der Waals surface area contributed by atoms with E-state index < -0.39 is 0 Å².